The molecule has 100 valence electrons. The molecule has 0 aliphatic heterocycles. The molecule has 1 aromatic heterocycles. The van der Waals surface area contributed by atoms with Gasteiger partial charge in [0.15, 0.2) is 0 Å². The van der Waals surface area contributed by atoms with Crippen LogP contribution in [0.1, 0.15) is 21.8 Å². The number of nitrogens with one attached hydrogen (secondary N) is 1. The molecule has 2 aromatic rings. The molecule has 5 heteroatoms. The van der Waals surface area contributed by atoms with Crippen LogP contribution in [0.15, 0.2) is 34.9 Å². The van der Waals surface area contributed by atoms with E-state index in [1.165, 1.54) is 0 Å². The molecule has 0 saturated heterocycles. The van der Waals surface area contributed by atoms with Gasteiger partial charge >= 0.3 is 0 Å². The van der Waals surface area contributed by atoms with Crippen LogP contribution >= 0.6 is 0 Å². The van der Waals surface area contributed by atoms with E-state index < -0.39 is 0 Å². The fourth-order valence-electron chi connectivity index (χ4n) is 1.60. The molecule has 0 spiro atoms. The van der Waals surface area contributed by atoms with Crippen molar-refractivity contribution in [1.29, 1.82) is 0 Å². The summed E-state index contributed by atoms with van der Waals surface area (Å²) in [7, 11) is 0. The molecule has 0 radical (unpaired) electrons. The summed E-state index contributed by atoms with van der Waals surface area (Å²) in [6.45, 7) is 4.58. The number of benzene rings is 1. The second-order valence-electron chi connectivity index (χ2n) is 4.25. The van der Waals surface area contributed by atoms with Crippen molar-refractivity contribution in [3.63, 3.8) is 0 Å². The van der Waals surface area contributed by atoms with Gasteiger partial charge in [-0.1, -0.05) is 17.3 Å². The standard InChI is InChI=1S/C14H16N2O3/c1-10-4-3-5-12(8-10)18-7-6-15-14(17)13-9-11(2)16-19-13/h3-5,8-9H,6-7H2,1-2H3,(H,15,17). The summed E-state index contributed by atoms with van der Waals surface area (Å²) in [4.78, 5) is 11.6. The predicted molar refractivity (Wildman–Crippen MR) is 70.2 cm³/mol. The van der Waals surface area contributed by atoms with Crippen LogP contribution in [-0.2, 0) is 0 Å². The fraction of sp³-hybridized carbons (Fsp3) is 0.286. The van der Waals surface area contributed by atoms with Crippen LogP contribution in [0.5, 0.6) is 5.75 Å². The lowest BCUT2D eigenvalue weighted by atomic mass is 10.2. The summed E-state index contributed by atoms with van der Waals surface area (Å²) < 4.78 is 10.4. The van der Waals surface area contributed by atoms with Crippen LogP contribution in [0, 0.1) is 13.8 Å². The Kier molecular flexibility index (Phi) is 4.18. The Balaban J connectivity index is 1.74. The molecule has 0 fully saturated rings. The lowest BCUT2D eigenvalue weighted by Gasteiger charge is -2.07. The van der Waals surface area contributed by atoms with Crippen LogP contribution in [0.2, 0.25) is 0 Å². The highest BCUT2D eigenvalue weighted by Crippen LogP contribution is 2.11. The third-order valence-corrected chi connectivity index (χ3v) is 2.50. The zero-order valence-electron chi connectivity index (χ0n) is 11.0. The predicted octanol–water partition coefficient (Wildman–Crippen LogP) is 2.10. The zero-order chi connectivity index (χ0) is 13.7. The molecule has 0 bridgehead atoms. The molecule has 1 heterocycles. The molecule has 2 rings (SSSR count). The minimum Gasteiger partial charge on any atom is -0.492 e. The summed E-state index contributed by atoms with van der Waals surface area (Å²) in [6.07, 6.45) is 0. The molecule has 0 atom stereocenters. The summed E-state index contributed by atoms with van der Waals surface area (Å²) in [5.74, 6) is 0.728. The first kappa shape index (κ1) is 13.1. The van der Waals surface area contributed by atoms with Crippen LogP contribution in [-0.4, -0.2) is 24.2 Å². The summed E-state index contributed by atoms with van der Waals surface area (Å²) in [6, 6.07) is 9.36. The number of rotatable bonds is 5. The van der Waals surface area contributed by atoms with Gasteiger partial charge in [0.05, 0.1) is 12.2 Å². The fourth-order valence-corrected chi connectivity index (χ4v) is 1.60. The molecule has 1 aromatic carbocycles. The first-order valence-electron chi connectivity index (χ1n) is 6.06. The number of nitrogens with zero attached hydrogens (tertiary/aromatic N) is 1. The molecule has 5 nitrogen and oxygen atoms in total. The van der Waals surface area contributed by atoms with E-state index in [1.54, 1.807) is 13.0 Å². The van der Waals surface area contributed by atoms with Crippen molar-refractivity contribution < 1.29 is 14.1 Å². The van der Waals surface area contributed by atoms with Crippen molar-refractivity contribution in [3.8, 4) is 5.75 Å². The van der Waals surface area contributed by atoms with E-state index >= 15 is 0 Å². The van der Waals surface area contributed by atoms with Gasteiger partial charge in [0, 0.05) is 6.07 Å². The van der Waals surface area contributed by atoms with Crippen molar-refractivity contribution >= 4 is 5.91 Å². The van der Waals surface area contributed by atoms with E-state index in [0.29, 0.717) is 18.8 Å². The average molecular weight is 260 g/mol. The number of amides is 1. The Morgan fingerprint density at radius 2 is 2.21 bits per heavy atom. The second kappa shape index (κ2) is 6.04. The van der Waals surface area contributed by atoms with E-state index in [1.807, 2.05) is 31.2 Å². The SMILES string of the molecule is Cc1cccc(OCCNC(=O)c2cc(C)no2)c1. The highest BCUT2D eigenvalue weighted by atomic mass is 16.5. The van der Waals surface area contributed by atoms with Crippen molar-refractivity contribution in [2.45, 2.75) is 13.8 Å². The van der Waals surface area contributed by atoms with E-state index in [0.717, 1.165) is 11.3 Å². The van der Waals surface area contributed by atoms with Gasteiger partial charge in [0.2, 0.25) is 5.76 Å². The molecule has 19 heavy (non-hydrogen) atoms. The number of aromatic nitrogens is 1. The Morgan fingerprint density at radius 3 is 2.89 bits per heavy atom. The van der Waals surface area contributed by atoms with Crippen LogP contribution in [0.3, 0.4) is 0 Å². The van der Waals surface area contributed by atoms with Gasteiger partial charge in [-0.3, -0.25) is 4.79 Å². The van der Waals surface area contributed by atoms with Crippen LogP contribution < -0.4 is 10.1 Å². The number of carbonyl (C=O) groups is 1. The largest absolute Gasteiger partial charge is 0.492 e. The lowest BCUT2D eigenvalue weighted by Crippen LogP contribution is -2.27. The van der Waals surface area contributed by atoms with Crippen LogP contribution in [0.4, 0.5) is 0 Å². The summed E-state index contributed by atoms with van der Waals surface area (Å²) in [5.41, 5.74) is 1.82. The van der Waals surface area contributed by atoms with Gasteiger partial charge in [-0.15, -0.1) is 0 Å². The topological polar surface area (TPSA) is 64.4 Å². The number of carbonyl (C=O) groups excluding carboxylic acids is 1. The van der Waals surface area contributed by atoms with Crippen molar-refractivity contribution in [2.75, 3.05) is 13.2 Å². The minimum absolute atomic E-state index is 0.216. The summed E-state index contributed by atoms with van der Waals surface area (Å²) >= 11 is 0. The average Bonchev–Trinajstić information content (AvgIpc) is 2.81. The molecule has 1 N–H and O–H groups in total. The number of aryl methyl sites for hydroxylation is 2. The molecule has 0 saturated carbocycles. The number of hydrogen-bond acceptors (Lipinski definition) is 4. The molecular formula is C14H16N2O3. The van der Waals surface area contributed by atoms with Crippen molar-refractivity contribution in [3.05, 3.63) is 47.3 Å². The van der Waals surface area contributed by atoms with Crippen LogP contribution in [0.25, 0.3) is 0 Å². The first-order chi connectivity index (χ1) is 9.15. The normalized spacial score (nSPS) is 10.2. The lowest BCUT2D eigenvalue weighted by molar-refractivity contribution is 0.0910. The Bertz CT molecular complexity index is 563. The molecule has 0 aliphatic rings. The Hall–Kier alpha value is -2.30. The maximum absolute atomic E-state index is 11.6. The molecular weight excluding hydrogens is 244 g/mol. The van der Waals surface area contributed by atoms with E-state index in [9.17, 15) is 4.79 Å². The van der Waals surface area contributed by atoms with Gasteiger partial charge in [0.25, 0.3) is 5.91 Å². The van der Waals surface area contributed by atoms with Gasteiger partial charge in [0.1, 0.15) is 12.4 Å². The van der Waals surface area contributed by atoms with Gasteiger partial charge < -0.3 is 14.6 Å². The number of hydrogen-bond donors (Lipinski definition) is 1. The zero-order valence-corrected chi connectivity index (χ0v) is 11.0. The quantitative estimate of drug-likeness (QED) is 0.836. The Morgan fingerprint density at radius 1 is 1.37 bits per heavy atom. The smallest absolute Gasteiger partial charge is 0.290 e. The third-order valence-electron chi connectivity index (χ3n) is 2.50. The highest BCUT2D eigenvalue weighted by Gasteiger charge is 2.10. The van der Waals surface area contributed by atoms with Gasteiger partial charge in [-0.25, -0.2) is 0 Å². The van der Waals surface area contributed by atoms with Crippen molar-refractivity contribution in [1.82, 2.24) is 10.5 Å². The van der Waals surface area contributed by atoms with E-state index in [-0.39, 0.29) is 11.7 Å². The van der Waals surface area contributed by atoms with E-state index in [4.69, 9.17) is 9.26 Å². The van der Waals surface area contributed by atoms with Gasteiger partial charge in [-0.05, 0) is 31.5 Å². The molecule has 1 amide bonds. The monoisotopic (exact) mass is 260 g/mol. The highest BCUT2D eigenvalue weighted by molar-refractivity contribution is 5.91. The first-order valence-corrected chi connectivity index (χ1v) is 6.06. The number of ether oxygens (including phenoxy) is 1. The third kappa shape index (κ3) is 3.84. The summed E-state index contributed by atoms with van der Waals surface area (Å²) in [5, 5.41) is 6.36. The Labute approximate surface area is 111 Å². The molecule has 0 aliphatic carbocycles. The van der Waals surface area contributed by atoms with Crippen molar-refractivity contribution in [2.24, 2.45) is 0 Å². The maximum Gasteiger partial charge on any atom is 0.290 e. The van der Waals surface area contributed by atoms with E-state index in [2.05, 4.69) is 10.5 Å². The minimum atomic E-state index is -0.284. The molecule has 0 unspecified atom stereocenters. The second-order valence-corrected chi connectivity index (χ2v) is 4.25. The van der Waals surface area contributed by atoms with Gasteiger partial charge in [-0.2, -0.15) is 0 Å². The maximum atomic E-state index is 11.6.